The fourth-order valence-corrected chi connectivity index (χ4v) is 2.94. The highest BCUT2D eigenvalue weighted by molar-refractivity contribution is 6.31. The molecule has 0 unspecified atom stereocenters. The molecule has 32 heavy (non-hydrogen) atoms. The number of nitrogens with two attached hydrogens (primary N) is 1. The molecule has 1 aromatic heterocycles. The summed E-state index contributed by atoms with van der Waals surface area (Å²) in [7, 11) is 4.46. The van der Waals surface area contributed by atoms with Crippen molar-refractivity contribution in [2.24, 2.45) is 0 Å². The lowest BCUT2D eigenvalue weighted by Crippen LogP contribution is -2.21. The van der Waals surface area contributed by atoms with Crippen molar-refractivity contribution in [1.82, 2.24) is 15.0 Å². The van der Waals surface area contributed by atoms with Gasteiger partial charge in [0.1, 0.15) is 23.8 Å². The molecule has 4 N–H and O–H groups in total. The zero-order chi connectivity index (χ0) is 23.3. The maximum atomic E-state index is 12.6. The van der Waals surface area contributed by atoms with Gasteiger partial charge in [0.15, 0.2) is 11.5 Å². The van der Waals surface area contributed by atoms with Crippen molar-refractivity contribution in [3.63, 3.8) is 0 Å². The molecule has 0 aliphatic carbocycles. The average molecular weight is 461 g/mol. The van der Waals surface area contributed by atoms with E-state index in [1.807, 2.05) is 0 Å². The van der Waals surface area contributed by atoms with Crippen molar-refractivity contribution >= 4 is 40.6 Å². The second kappa shape index (κ2) is 9.88. The predicted molar refractivity (Wildman–Crippen MR) is 119 cm³/mol. The summed E-state index contributed by atoms with van der Waals surface area (Å²) >= 11 is 5.97. The van der Waals surface area contributed by atoms with Crippen molar-refractivity contribution < 1.29 is 23.8 Å². The predicted octanol–water partition coefficient (Wildman–Crippen LogP) is 2.43. The zero-order valence-corrected chi connectivity index (χ0v) is 18.3. The summed E-state index contributed by atoms with van der Waals surface area (Å²) in [6.45, 7) is -0.283. The molecular weight excluding hydrogens is 440 g/mol. The Morgan fingerprint density at radius 1 is 1.03 bits per heavy atom. The average Bonchev–Trinajstić information content (AvgIpc) is 3.13. The van der Waals surface area contributed by atoms with E-state index in [1.54, 1.807) is 36.4 Å². The van der Waals surface area contributed by atoms with Crippen LogP contribution < -0.4 is 30.6 Å². The number of halogens is 1. The molecule has 0 aliphatic rings. The van der Waals surface area contributed by atoms with Gasteiger partial charge in [-0.05, 0) is 18.2 Å². The second-order valence-electron chi connectivity index (χ2n) is 6.43. The molecule has 3 aromatic rings. The van der Waals surface area contributed by atoms with E-state index in [0.717, 1.165) is 4.68 Å². The van der Waals surface area contributed by atoms with Gasteiger partial charge in [0.05, 0.1) is 27.0 Å². The van der Waals surface area contributed by atoms with Crippen LogP contribution in [-0.2, 0) is 11.3 Å². The molecule has 12 heteroatoms. The number of methoxy groups -OCH3 is 3. The Kier molecular flexibility index (Phi) is 7.00. The van der Waals surface area contributed by atoms with Gasteiger partial charge in [0, 0.05) is 28.9 Å². The van der Waals surface area contributed by atoms with E-state index >= 15 is 0 Å². The van der Waals surface area contributed by atoms with Crippen molar-refractivity contribution in [2.75, 3.05) is 37.7 Å². The minimum absolute atomic E-state index is 0.0782. The highest BCUT2D eigenvalue weighted by atomic mass is 35.5. The van der Waals surface area contributed by atoms with E-state index in [4.69, 9.17) is 31.5 Å². The summed E-state index contributed by atoms with van der Waals surface area (Å²) in [6.07, 6.45) is 0. The topological polar surface area (TPSA) is 143 Å². The number of aromatic nitrogens is 3. The van der Waals surface area contributed by atoms with Gasteiger partial charge in [0.25, 0.3) is 5.91 Å². The second-order valence-corrected chi connectivity index (χ2v) is 6.87. The van der Waals surface area contributed by atoms with Crippen molar-refractivity contribution in [2.45, 2.75) is 6.54 Å². The quantitative estimate of drug-likeness (QED) is 0.465. The Morgan fingerprint density at radius 3 is 2.34 bits per heavy atom. The number of hydrogen-bond acceptors (Lipinski definition) is 8. The fourth-order valence-electron chi connectivity index (χ4n) is 2.77. The molecule has 11 nitrogen and oxygen atoms in total. The van der Waals surface area contributed by atoms with E-state index in [2.05, 4.69) is 20.9 Å². The smallest absolute Gasteiger partial charge is 0.280 e. The summed E-state index contributed by atoms with van der Waals surface area (Å²) in [5.41, 5.74) is 6.65. The first-order chi connectivity index (χ1) is 15.3. The Balaban J connectivity index is 1.72. The van der Waals surface area contributed by atoms with Crippen LogP contribution in [0, 0.1) is 0 Å². The maximum Gasteiger partial charge on any atom is 0.280 e. The first-order valence-electron chi connectivity index (χ1n) is 9.21. The van der Waals surface area contributed by atoms with Crippen LogP contribution in [0.25, 0.3) is 0 Å². The van der Waals surface area contributed by atoms with Crippen LogP contribution in [0.15, 0.2) is 36.4 Å². The molecule has 1 heterocycles. The van der Waals surface area contributed by atoms with Crippen LogP contribution in [0.2, 0.25) is 5.02 Å². The summed E-state index contributed by atoms with van der Waals surface area (Å²) in [4.78, 5) is 25.1. The Morgan fingerprint density at radius 2 is 1.72 bits per heavy atom. The highest BCUT2D eigenvalue weighted by Gasteiger charge is 2.20. The molecule has 0 atom stereocenters. The highest BCUT2D eigenvalue weighted by Crippen LogP contribution is 2.28. The number of nitrogens with one attached hydrogen (secondary N) is 2. The monoisotopic (exact) mass is 460 g/mol. The van der Waals surface area contributed by atoms with E-state index in [-0.39, 0.29) is 18.1 Å². The van der Waals surface area contributed by atoms with E-state index in [0.29, 0.717) is 33.6 Å². The fraction of sp³-hybridized carbons (Fsp3) is 0.200. The standard InChI is InChI=1S/C20H21ClN6O5/c1-30-13-7-12(8-14(9-13)31-2)23-20(29)18-19(22)27(26-25-18)10-17(28)24-15-6-11(21)4-5-16(15)32-3/h4-9H,10,22H2,1-3H3,(H,23,29)(H,24,28). The molecule has 0 aliphatic heterocycles. The number of ether oxygens (including phenoxy) is 3. The third-order valence-corrected chi connectivity index (χ3v) is 4.56. The van der Waals surface area contributed by atoms with E-state index in [9.17, 15) is 9.59 Å². The number of nitrogens with zero attached hydrogens (tertiary/aromatic N) is 3. The van der Waals surface area contributed by atoms with Gasteiger partial charge in [-0.3, -0.25) is 9.59 Å². The summed E-state index contributed by atoms with van der Waals surface area (Å²) in [5.74, 6) is 0.259. The summed E-state index contributed by atoms with van der Waals surface area (Å²) < 4.78 is 16.7. The molecule has 0 saturated heterocycles. The molecule has 0 fully saturated rings. The van der Waals surface area contributed by atoms with Crippen LogP contribution in [0.4, 0.5) is 17.2 Å². The van der Waals surface area contributed by atoms with Gasteiger partial charge < -0.3 is 30.6 Å². The van der Waals surface area contributed by atoms with Crippen LogP contribution in [0.3, 0.4) is 0 Å². The number of carbonyl (C=O) groups excluding carboxylic acids is 2. The molecular formula is C20H21ClN6O5. The van der Waals surface area contributed by atoms with Gasteiger partial charge in [0.2, 0.25) is 5.91 Å². The molecule has 168 valence electrons. The van der Waals surface area contributed by atoms with Gasteiger partial charge in [-0.25, -0.2) is 4.68 Å². The number of amides is 2. The van der Waals surface area contributed by atoms with E-state index in [1.165, 1.54) is 21.3 Å². The van der Waals surface area contributed by atoms with Crippen LogP contribution in [0.5, 0.6) is 17.2 Å². The lowest BCUT2D eigenvalue weighted by Gasteiger charge is -2.11. The van der Waals surface area contributed by atoms with Crippen molar-refractivity contribution in [3.05, 3.63) is 47.1 Å². The minimum atomic E-state index is -0.610. The van der Waals surface area contributed by atoms with Gasteiger partial charge >= 0.3 is 0 Å². The molecule has 3 rings (SSSR count). The normalized spacial score (nSPS) is 10.4. The number of carbonyl (C=O) groups is 2. The molecule has 2 aromatic carbocycles. The SMILES string of the molecule is COc1cc(NC(=O)c2nnn(CC(=O)Nc3cc(Cl)ccc3OC)c2N)cc(OC)c1. The van der Waals surface area contributed by atoms with Crippen LogP contribution in [0.1, 0.15) is 10.5 Å². The van der Waals surface area contributed by atoms with Gasteiger partial charge in [-0.2, -0.15) is 0 Å². The van der Waals surface area contributed by atoms with Crippen LogP contribution >= 0.6 is 11.6 Å². The van der Waals surface area contributed by atoms with Crippen molar-refractivity contribution in [1.29, 1.82) is 0 Å². The first kappa shape index (κ1) is 22.7. The Labute approximate surface area is 188 Å². The summed E-state index contributed by atoms with van der Waals surface area (Å²) in [6, 6.07) is 9.67. The van der Waals surface area contributed by atoms with Gasteiger partial charge in [-0.15, -0.1) is 5.10 Å². The van der Waals surface area contributed by atoms with E-state index < -0.39 is 11.8 Å². The minimum Gasteiger partial charge on any atom is -0.497 e. The summed E-state index contributed by atoms with van der Waals surface area (Å²) in [5, 5.41) is 13.3. The third kappa shape index (κ3) is 5.19. The van der Waals surface area contributed by atoms with Crippen molar-refractivity contribution in [3.8, 4) is 17.2 Å². The first-order valence-corrected chi connectivity index (χ1v) is 9.59. The molecule has 0 saturated carbocycles. The molecule has 0 bridgehead atoms. The Bertz CT molecular complexity index is 1130. The lowest BCUT2D eigenvalue weighted by molar-refractivity contribution is -0.116. The third-order valence-electron chi connectivity index (χ3n) is 4.33. The lowest BCUT2D eigenvalue weighted by atomic mass is 10.2. The number of nitrogen functional groups attached to an aromatic ring is 1. The number of hydrogen-bond donors (Lipinski definition) is 3. The van der Waals surface area contributed by atoms with Gasteiger partial charge in [-0.1, -0.05) is 16.8 Å². The van der Waals surface area contributed by atoms with Crippen LogP contribution in [-0.4, -0.2) is 48.1 Å². The number of benzene rings is 2. The Hall–Kier alpha value is -3.99. The maximum absolute atomic E-state index is 12.6. The number of rotatable bonds is 8. The largest absolute Gasteiger partial charge is 0.497 e. The molecule has 2 amide bonds. The molecule has 0 spiro atoms. The number of anilines is 3. The molecule has 0 radical (unpaired) electrons. The zero-order valence-electron chi connectivity index (χ0n) is 17.5.